The summed E-state index contributed by atoms with van der Waals surface area (Å²) in [5.41, 5.74) is 5.25. The summed E-state index contributed by atoms with van der Waals surface area (Å²) in [5, 5.41) is 7.06. The van der Waals surface area contributed by atoms with Crippen molar-refractivity contribution in [2.45, 2.75) is 51.5 Å². The van der Waals surface area contributed by atoms with Crippen LogP contribution in [0.3, 0.4) is 0 Å². The van der Waals surface area contributed by atoms with Crippen molar-refractivity contribution in [1.29, 1.82) is 0 Å². The highest BCUT2D eigenvalue weighted by Gasteiger charge is 2.39. The van der Waals surface area contributed by atoms with Crippen LogP contribution in [0.1, 0.15) is 51.0 Å². The van der Waals surface area contributed by atoms with E-state index in [1.165, 1.54) is 36.6 Å². The number of nitrogens with zero attached hydrogens (tertiary/aromatic N) is 5. The van der Waals surface area contributed by atoms with E-state index in [9.17, 15) is 0 Å². The maximum atomic E-state index is 5.37. The van der Waals surface area contributed by atoms with Crippen LogP contribution in [0, 0.1) is 5.92 Å². The van der Waals surface area contributed by atoms with Crippen LogP contribution in [-0.4, -0.2) is 50.6 Å². The van der Waals surface area contributed by atoms with Crippen LogP contribution in [0.5, 0.6) is 0 Å². The SMILES string of the molecule is CC.c1ccc2c(c1)[nH]c1nccc(-c3nc(N4CC[C@H]5CNC[C@H]54)c4c(C5CCC5)cncc4n3)c12. The molecule has 3 aliphatic rings. The standard InChI is InChI=1S/C28H27N7.C2H6/c1-2-7-21-18(6-1)24-19(8-10-31-27(24)32-21)26-33-22-14-30-13-20(16-4-3-5-16)25(22)28(34-26)35-11-9-17-12-29-15-23(17)35;1-2/h1-2,6-8,10,13-14,16-17,23,29H,3-5,9,11-12,15H2,(H,31,32);1-2H3/t17-,23+;/m0./s1. The summed E-state index contributed by atoms with van der Waals surface area (Å²) in [4.78, 5) is 25.8. The average molecular weight is 492 g/mol. The number of nitrogens with one attached hydrogen (secondary N) is 2. The predicted molar refractivity (Wildman–Crippen MR) is 150 cm³/mol. The molecule has 0 spiro atoms. The highest BCUT2D eigenvalue weighted by atomic mass is 15.3. The van der Waals surface area contributed by atoms with Gasteiger partial charge in [0.1, 0.15) is 11.5 Å². The number of aromatic nitrogens is 5. The number of fused-ring (bicyclic) bond motifs is 5. The molecular weight excluding hydrogens is 458 g/mol. The largest absolute Gasteiger partial charge is 0.351 e. The summed E-state index contributed by atoms with van der Waals surface area (Å²) in [7, 11) is 0. The minimum absolute atomic E-state index is 0.494. The van der Waals surface area contributed by atoms with Gasteiger partial charge in [0.15, 0.2) is 5.82 Å². The first-order valence-corrected chi connectivity index (χ1v) is 13.8. The van der Waals surface area contributed by atoms with E-state index in [0.717, 1.165) is 64.3 Å². The van der Waals surface area contributed by atoms with E-state index >= 15 is 0 Å². The molecule has 0 radical (unpaired) electrons. The lowest BCUT2D eigenvalue weighted by Gasteiger charge is -2.30. The first-order chi connectivity index (χ1) is 18.3. The second kappa shape index (κ2) is 9.06. The number of pyridine rings is 2. The van der Waals surface area contributed by atoms with Gasteiger partial charge in [-0.05, 0) is 48.8 Å². The Balaban J connectivity index is 0.00000113. The Morgan fingerprint density at radius 2 is 1.84 bits per heavy atom. The van der Waals surface area contributed by atoms with Gasteiger partial charge < -0.3 is 15.2 Å². The van der Waals surface area contributed by atoms with Crippen LogP contribution in [0.2, 0.25) is 0 Å². The number of benzene rings is 1. The molecule has 7 heteroatoms. The van der Waals surface area contributed by atoms with Crippen molar-refractivity contribution < 1.29 is 0 Å². The smallest absolute Gasteiger partial charge is 0.163 e. The Morgan fingerprint density at radius 3 is 2.70 bits per heavy atom. The fourth-order valence-electron chi connectivity index (χ4n) is 6.51. The minimum atomic E-state index is 0.494. The number of hydrogen-bond donors (Lipinski definition) is 2. The van der Waals surface area contributed by atoms with E-state index in [0.29, 0.717) is 17.9 Å². The lowest BCUT2D eigenvalue weighted by Crippen LogP contribution is -2.35. The van der Waals surface area contributed by atoms with Crippen molar-refractivity contribution in [3.05, 3.63) is 54.5 Å². The molecule has 2 saturated heterocycles. The molecule has 0 amide bonds. The number of para-hydroxylation sites is 1. The summed E-state index contributed by atoms with van der Waals surface area (Å²) in [5.74, 6) is 3.11. The summed E-state index contributed by atoms with van der Waals surface area (Å²) < 4.78 is 0. The molecule has 8 rings (SSSR count). The van der Waals surface area contributed by atoms with Crippen molar-refractivity contribution in [2.75, 3.05) is 24.5 Å². The summed E-state index contributed by atoms with van der Waals surface area (Å²) in [6.45, 7) is 7.18. The molecule has 1 saturated carbocycles. The van der Waals surface area contributed by atoms with Crippen molar-refractivity contribution in [1.82, 2.24) is 30.2 Å². The molecule has 2 N–H and O–H groups in total. The zero-order valence-corrected chi connectivity index (χ0v) is 21.5. The first-order valence-electron chi connectivity index (χ1n) is 13.8. The van der Waals surface area contributed by atoms with E-state index in [4.69, 9.17) is 9.97 Å². The molecular formula is C30H33N7. The Kier molecular flexibility index (Phi) is 5.54. The normalized spacial score (nSPS) is 21.3. The van der Waals surface area contributed by atoms with Gasteiger partial charge in [0, 0.05) is 65.3 Å². The van der Waals surface area contributed by atoms with Crippen LogP contribution >= 0.6 is 0 Å². The molecule has 5 aromatic rings. The summed E-state index contributed by atoms with van der Waals surface area (Å²) in [6, 6.07) is 10.9. The van der Waals surface area contributed by atoms with Crippen molar-refractivity contribution in [3.63, 3.8) is 0 Å². The fourth-order valence-corrected chi connectivity index (χ4v) is 6.51. The minimum Gasteiger partial charge on any atom is -0.351 e. The Labute approximate surface area is 216 Å². The van der Waals surface area contributed by atoms with Gasteiger partial charge in [0.25, 0.3) is 0 Å². The van der Waals surface area contributed by atoms with Crippen LogP contribution in [0.4, 0.5) is 5.82 Å². The van der Waals surface area contributed by atoms with Gasteiger partial charge in [0.2, 0.25) is 0 Å². The molecule has 37 heavy (non-hydrogen) atoms. The number of aromatic amines is 1. The second-order valence-electron chi connectivity index (χ2n) is 10.3. The predicted octanol–water partition coefficient (Wildman–Crippen LogP) is 5.81. The summed E-state index contributed by atoms with van der Waals surface area (Å²) in [6.07, 6.45) is 10.8. The van der Waals surface area contributed by atoms with Crippen LogP contribution in [0.25, 0.3) is 44.2 Å². The maximum Gasteiger partial charge on any atom is 0.163 e. The highest BCUT2D eigenvalue weighted by molar-refractivity contribution is 6.12. The molecule has 0 bridgehead atoms. The van der Waals surface area contributed by atoms with E-state index in [1.54, 1.807) is 0 Å². The third-order valence-corrected chi connectivity index (χ3v) is 8.52. The highest BCUT2D eigenvalue weighted by Crippen LogP contribution is 2.44. The molecule has 4 aromatic heterocycles. The van der Waals surface area contributed by atoms with E-state index < -0.39 is 0 Å². The topological polar surface area (TPSA) is 82.6 Å². The van der Waals surface area contributed by atoms with E-state index in [-0.39, 0.29) is 0 Å². The van der Waals surface area contributed by atoms with Gasteiger partial charge in [0.05, 0.1) is 11.7 Å². The number of H-pyrrole nitrogens is 1. The molecule has 2 atom stereocenters. The number of hydrogen-bond acceptors (Lipinski definition) is 6. The van der Waals surface area contributed by atoms with Crippen molar-refractivity contribution >= 4 is 38.7 Å². The van der Waals surface area contributed by atoms with Crippen molar-refractivity contribution in [2.24, 2.45) is 5.92 Å². The molecule has 3 fully saturated rings. The maximum absolute atomic E-state index is 5.37. The van der Waals surface area contributed by atoms with Crippen LogP contribution in [-0.2, 0) is 0 Å². The third kappa shape index (κ3) is 3.51. The average Bonchev–Trinajstić information content (AvgIpc) is 3.63. The monoisotopic (exact) mass is 491 g/mol. The Morgan fingerprint density at radius 1 is 0.946 bits per heavy atom. The van der Waals surface area contributed by atoms with Gasteiger partial charge >= 0.3 is 0 Å². The number of anilines is 1. The Hall–Kier alpha value is -3.58. The van der Waals surface area contributed by atoms with E-state index in [1.807, 2.05) is 26.2 Å². The van der Waals surface area contributed by atoms with Gasteiger partial charge in [-0.25, -0.2) is 15.0 Å². The molecule has 2 aliphatic heterocycles. The third-order valence-electron chi connectivity index (χ3n) is 8.52. The molecule has 7 nitrogen and oxygen atoms in total. The van der Waals surface area contributed by atoms with E-state index in [2.05, 4.69) is 61.7 Å². The quantitative estimate of drug-likeness (QED) is 0.331. The lowest BCUT2D eigenvalue weighted by atomic mass is 9.79. The Bertz CT molecular complexity index is 1600. The molecule has 0 unspecified atom stereocenters. The molecule has 1 aromatic carbocycles. The number of rotatable bonds is 3. The molecule has 6 heterocycles. The van der Waals surface area contributed by atoms with Gasteiger partial charge in [-0.2, -0.15) is 0 Å². The van der Waals surface area contributed by atoms with Crippen LogP contribution < -0.4 is 10.2 Å². The molecule has 188 valence electrons. The zero-order chi connectivity index (χ0) is 24.9. The summed E-state index contributed by atoms with van der Waals surface area (Å²) >= 11 is 0. The lowest BCUT2D eigenvalue weighted by molar-refractivity contribution is 0.421. The van der Waals surface area contributed by atoms with Gasteiger partial charge in [-0.1, -0.05) is 38.5 Å². The van der Waals surface area contributed by atoms with Gasteiger partial charge in [-0.3, -0.25) is 4.98 Å². The van der Waals surface area contributed by atoms with Crippen LogP contribution in [0.15, 0.2) is 48.9 Å². The first kappa shape index (κ1) is 22.6. The van der Waals surface area contributed by atoms with Gasteiger partial charge in [-0.15, -0.1) is 0 Å². The van der Waals surface area contributed by atoms with Crippen molar-refractivity contribution in [3.8, 4) is 11.4 Å². The zero-order valence-electron chi connectivity index (χ0n) is 21.5. The second-order valence-corrected chi connectivity index (χ2v) is 10.3. The molecule has 1 aliphatic carbocycles. The fraction of sp³-hybridized carbons (Fsp3) is 0.400.